The summed E-state index contributed by atoms with van der Waals surface area (Å²) in [5.41, 5.74) is 2.19. The fourth-order valence-electron chi connectivity index (χ4n) is 5.66. The van der Waals surface area contributed by atoms with Gasteiger partial charge in [-0.05, 0) is 29.5 Å². The molecule has 6 heteroatoms. The maximum atomic E-state index is 11.9. The van der Waals surface area contributed by atoms with E-state index in [0.717, 1.165) is 57.8 Å². The second kappa shape index (κ2) is 7.65. The van der Waals surface area contributed by atoms with Gasteiger partial charge < -0.3 is 9.84 Å². The van der Waals surface area contributed by atoms with Gasteiger partial charge in [0, 0.05) is 51.9 Å². The lowest BCUT2D eigenvalue weighted by atomic mass is 9.81. The van der Waals surface area contributed by atoms with Gasteiger partial charge in [-0.1, -0.05) is 32.9 Å². The lowest BCUT2D eigenvalue weighted by Gasteiger charge is -2.62. The summed E-state index contributed by atoms with van der Waals surface area (Å²) < 4.78 is 4.87. The molecule has 0 aliphatic carbocycles. The van der Waals surface area contributed by atoms with E-state index in [2.05, 4.69) is 41.5 Å². The predicted molar refractivity (Wildman–Crippen MR) is 113 cm³/mol. The molecule has 1 aromatic rings. The molecule has 1 N–H and O–H groups in total. The van der Waals surface area contributed by atoms with Crippen molar-refractivity contribution in [2.24, 2.45) is 5.41 Å². The van der Waals surface area contributed by atoms with Crippen LogP contribution in [0.1, 0.15) is 43.1 Å². The fourth-order valence-corrected chi connectivity index (χ4v) is 5.66. The summed E-state index contributed by atoms with van der Waals surface area (Å²) in [6.07, 6.45) is 0.649. The SMILES string of the molecule is COC(=O)c1cccc(CN2CC3CC(O)CN3C3(C2)CN(CC(C)(C)C)C3)c1. The van der Waals surface area contributed by atoms with Gasteiger partial charge in [-0.15, -0.1) is 0 Å². The zero-order valence-electron chi connectivity index (χ0n) is 18.2. The van der Waals surface area contributed by atoms with E-state index < -0.39 is 0 Å². The molecule has 3 saturated heterocycles. The Balaban J connectivity index is 1.48. The van der Waals surface area contributed by atoms with Crippen molar-refractivity contribution in [1.29, 1.82) is 0 Å². The number of fused-ring (bicyclic) bond motifs is 2. The van der Waals surface area contributed by atoms with E-state index in [0.29, 0.717) is 17.0 Å². The van der Waals surface area contributed by atoms with Crippen molar-refractivity contribution >= 4 is 5.97 Å². The first kappa shape index (κ1) is 20.8. The number of aliphatic hydroxyl groups excluding tert-OH is 1. The lowest BCUT2D eigenvalue weighted by Crippen LogP contribution is -2.78. The minimum Gasteiger partial charge on any atom is -0.465 e. The zero-order chi connectivity index (χ0) is 20.8. The molecule has 2 atom stereocenters. The summed E-state index contributed by atoms with van der Waals surface area (Å²) in [6, 6.07) is 8.18. The molecule has 0 bridgehead atoms. The Morgan fingerprint density at radius 1 is 1.21 bits per heavy atom. The van der Waals surface area contributed by atoms with Crippen molar-refractivity contribution in [3.8, 4) is 0 Å². The summed E-state index contributed by atoms with van der Waals surface area (Å²) >= 11 is 0. The van der Waals surface area contributed by atoms with Crippen LogP contribution in [0.4, 0.5) is 0 Å². The van der Waals surface area contributed by atoms with Crippen molar-refractivity contribution in [3.05, 3.63) is 35.4 Å². The highest BCUT2D eigenvalue weighted by Gasteiger charge is 2.56. The largest absolute Gasteiger partial charge is 0.465 e. The number of likely N-dealkylation sites (tertiary alicyclic amines) is 1. The molecule has 1 aromatic carbocycles. The first-order chi connectivity index (χ1) is 13.7. The molecule has 2 unspecified atom stereocenters. The van der Waals surface area contributed by atoms with E-state index >= 15 is 0 Å². The summed E-state index contributed by atoms with van der Waals surface area (Å²) in [7, 11) is 1.42. The molecule has 3 heterocycles. The van der Waals surface area contributed by atoms with Gasteiger partial charge in [-0.25, -0.2) is 4.79 Å². The smallest absolute Gasteiger partial charge is 0.337 e. The molecule has 3 aliphatic heterocycles. The molecule has 1 spiro atoms. The van der Waals surface area contributed by atoms with Crippen LogP contribution >= 0.6 is 0 Å². The van der Waals surface area contributed by atoms with Gasteiger partial charge in [0.05, 0.1) is 24.3 Å². The fraction of sp³-hybridized carbons (Fsp3) is 0.696. The Bertz CT molecular complexity index is 754. The molecule has 3 aliphatic rings. The average molecular weight is 402 g/mol. The number of benzene rings is 1. The molecule has 0 radical (unpaired) electrons. The third-order valence-corrected chi connectivity index (χ3v) is 6.48. The van der Waals surface area contributed by atoms with Crippen LogP contribution in [-0.2, 0) is 11.3 Å². The van der Waals surface area contributed by atoms with E-state index in [1.165, 1.54) is 7.11 Å². The Morgan fingerprint density at radius 2 is 1.93 bits per heavy atom. The highest BCUT2D eigenvalue weighted by molar-refractivity contribution is 5.89. The van der Waals surface area contributed by atoms with Crippen LogP contribution in [0, 0.1) is 5.41 Å². The lowest BCUT2D eigenvalue weighted by molar-refractivity contribution is -0.121. The number of methoxy groups -OCH3 is 1. The third-order valence-electron chi connectivity index (χ3n) is 6.48. The second-order valence-corrected chi connectivity index (χ2v) is 10.5. The van der Waals surface area contributed by atoms with Crippen LogP contribution in [0.3, 0.4) is 0 Å². The minimum absolute atomic E-state index is 0.144. The molecule has 0 aromatic heterocycles. The van der Waals surface area contributed by atoms with E-state index in [4.69, 9.17) is 4.74 Å². The van der Waals surface area contributed by atoms with Gasteiger partial charge in [0.25, 0.3) is 0 Å². The van der Waals surface area contributed by atoms with Crippen LogP contribution in [0.2, 0.25) is 0 Å². The number of rotatable bonds is 4. The van der Waals surface area contributed by atoms with Crippen molar-refractivity contribution in [1.82, 2.24) is 14.7 Å². The van der Waals surface area contributed by atoms with Crippen molar-refractivity contribution < 1.29 is 14.6 Å². The van der Waals surface area contributed by atoms with Crippen LogP contribution in [-0.4, -0.2) is 89.8 Å². The Hall–Kier alpha value is -1.47. The quantitative estimate of drug-likeness (QED) is 0.777. The Morgan fingerprint density at radius 3 is 2.62 bits per heavy atom. The first-order valence-corrected chi connectivity index (χ1v) is 10.7. The number of piperazine rings is 1. The Kier molecular flexibility index (Phi) is 5.49. The zero-order valence-corrected chi connectivity index (χ0v) is 18.2. The number of aliphatic hydroxyl groups is 1. The van der Waals surface area contributed by atoms with Crippen molar-refractivity contribution in [2.45, 2.75) is 51.4 Å². The number of hydrogen-bond donors (Lipinski definition) is 1. The topological polar surface area (TPSA) is 56.2 Å². The molecular formula is C23H35N3O3. The van der Waals surface area contributed by atoms with E-state index in [9.17, 15) is 9.90 Å². The summed E-state index contributed by atoms with van der Waals surface area (Å²) in [6.45, 7) is 13.8. The number of esters is 1. The van der Waals surface area contributed by atoms with Gasteiger partial charge in [0.15, 0.2) is 0 Å². The molecule has 29 heavy (non-hydrogen) atoms. The number of carbonyl (C=O) groups excluding carboxylic acids is 1. The average Bonchev–Trinajstić information content (AvgIpc) is 2.99. The van der Waals surface area contributed by atoms with Gasteiger partial charge in [0.1, 0.15) is 0 Å². The normalized spacial score (nSPS) is 27.6. The van der Waals surface area contributed by atoms with Gasteiger partial charge in [-0.2, -0.15) is 0 Å². The van der Waals surface area contributed by atoms with Crippen LogP contribution in [0.5, 0.6) is 0 Å². The van der Waals surface area contributed by atoms with Gasteiger partial charge in [0.2, 0.25) is 0 Å². The second-order valence-electron chi connectivity index (χ2n) is 10.5. The van der Waals surface area contributed by atoms with Crippen molar-refractivity contribution in [2.75, 3.05) is 46.4 Å². The third kappa shape index (κ3) is 4.36. The maximum absolute atomic E-state index is 11.9. The highest BCUT2D eigenvalue weighted by atomic mass is 16.5. The summed E-state index contributed by atoms with van der Waals surface area (Å²) in [5, 5.41) is 10.3. The molecule has 6 nitrogen and oxygen atoms in total. The highest BCUT2D eigenvalue weighted by Crippen LogP contribution is 2.40. The number of β-amino-alcohol motifs (C(OH)–C–C–N with tert-alkyl or cyclic N) is 1. The van der Waals surface area contributed by atoms with Crippen LogP contribution < -0.4 is 0 Å². The first-order valence-electron chi connectivity index (χ1n) is 10.7. The maximum Gasteiger partial charge on any atom is 0.337 e. The van der Waals surface area contributed by atoms with E-state index in [1.807, 2.05) is 12.1 Å². The molecule has 0 amide bonds. The van der Waals surface area contributed by atoms with E-state index in [1.54, 1.807) is 6.07 Å². The van der Waals surface area contributed by atoms with Crippen LogP contribution in [0.25, 0.3) is 0 Å². The molecule has 0 saturated carbocycles. The summed E-state index contributed by atoms with van der Waals surface area (Å²) in [4.78, 5) is 19.5. The van der Waals surface area contributed by atoms with Gasteiger partial charge in [-0.3, -0.25) is 14.7 Å². The summed E-state index contributed by atoms with van der Waals surface area (Å²) in [5.74, 6) is -0.288. The molecule has 4 rings (SSSR count). The predicted octanol–water partition coefficient (Wildman–Crippen LogP) is 1.82. The monoisotopic (exact) mass is 401 g/mol. The minimum atomic E-state index is -0.288. The molecule has 3 fully saturated rings. The number of hydrogen-bond acceptors (Lipinski definition) is 6. The molecular weight excluding hydrogens is 366 g/mol. The van der Waals surface area contributed by atoms with Crippen molar-refractivity contribution in [3.63, 3.8) is 0 Å². The molecule has 160 valence electrons. The Labute approximate surface area is 174 Å². The van der Waals surface area contributed by atoms with Crippen LogP contribution in [0.15, 0.2) is 24.3 Å². The van der Waals surface area contributed by atoms with Gasteiger partial charge >= 0.3 is 5.97 Å². The standard InChI is InChI=1S/C23H35N3O3/c1-22(2,3)13-25-15-23(16-25)14-24(11-19-9-20(27)12-26(19)23)10-17-6-5-7-18(8-17)21(28)29-4/h5-8,19-20,27H,9-16H2,1-4H3. The number of carbonyl (C=O) groups is 1. The number of ether oxygens (including phenoxy) is 1. The van der Waals surface area contributed by atoms with E-state index in [-0.39, 0.29) is 17.6 Å². The number of nitrogens with zero attached hydrogens (tertiary/aromatic N) is 3.